The summed E-state index contributed by atoms with van der Waals surface area (Å²) >= 11 is 0. The number of hydrogen-bond acceptors (Lipinski definition) is 3. The fraction of sp³-hybridized carbons (Fsp3) is 0.647. The van der Waals surface area contributed by atoms with Gasteiger partial charge in [-0.2, -0.15) is 0 Å². The monoisotopic (exact) mass is 280 g/mol. The lowest BCUT2D eigenvalue weighted by Gasteiger charge is -2.34. The largest absolute Gasteiger partial charge is 0.372 e. The average molecular weight is 280 g/mol. The van der Waals surface area contributed by atoms with E-state index < -0.39 is 5.60 Å². The van der Waals surface area contributed by atoms with Crippen LogP contribution >= 0.6 is 0 Å². The molecule has 0 heterocycles. The van der Waals surface area contributed by atoms with Crippen LogP contribution < -0.4 is 0 Å². The normalized spacial score (nSPS) is 15.9. The highest BCUT2D eigenvalue weighted by atomic mass is 17.2. The van der Waals surface area contributed by atoms with Crippen LogP contribution in [0.4, 0.5) is 0 Å². The molecular formula is C17H28O3. The molecule has 0 saturated carbocycles. The van der Waals surface area contributed by atoms with Gasteiger partial charge in [0, 0.05) is 0 Å². The van der Waals surface area contributed by atoms with Crippen molar-refractivity contribution >= 4 is 0 Å². The van der Waals surface area contributed by atoms with E-state index in [0.717, 1.165) is 5.56 Å². The highest BCUT2D eigenvalue weighted by Crippen LogP contribution is 2.29. The lowest BCUT2D eigenvalue weighted by Crippen LogP contribution is -2.38. The fourth-order valence-corrected chi connectivity index (χ4v) is 1.52. The van der Waals surface area contributed by atoms with Crippen LogP contribution in [0, 0.1) is 0 Å². The number of benzene rings is 1. The maximum atomic E-state index is 5.91. The molecule has 0 spiro atoms. The van der Waals surface area contributed by atoms with Gasteiger partial charge in [-0.25, -0.2) is 9.78 Å². The van der Waals surface area contributed by atoms with E-state index in [0.29, 0.717) is 6.61 Å². The molecule has 0 fully saturated rings. The Kier molecular flexibility index (Phi) is 5.36. The summed E-state index contributed by atoms with van der Waals surface area (Å²) < 4.78 is 5.91. The van der Waals surface area contributed by atoms with E-state index in [9.17, 15) is 0 Å². The Morgan fingerprint density at radius 1 is 0.750 bits per heavy atom. The van der Waals surface area contributed by atoms with Gasteiger partial charge in [-0.15, -0.1) is 0 Å². The van der Waals surface area contributed by atoms with E-state index in [4.69, 9.17) is 14.5 Å². The van der Waals surface area contributed by atoms with Crippen LogP contribution in [0.3, 0.4) is 0 Å². The molecule has 0 aliphatic carbocycles. The van der Waals surface area contributed by atoms with E-state index in [-0.39, 0.29) is 11.2 Å². The van der Waals surface area contributed by atoms with Gasteiger partial charge >= 0.3 is 0 Å². The summed E-state index contributed by atoms with van der Waals surface area (Å²) in [5, 5.41) is 0. The van der Waals surface area contributed by atoms with Crippen LogP contribution in [-0.2, 0) is 20.1 Å². The van der Waals surface area contributed by atoms with Gasteiger partial charge in [0.05, 0.1) is 17.8 Å². The summed E-state index contributed by atoms with van der Waals surface area (Å²) in [7, 11) is 0. The Hall–Kier alpha value is -0.900. The molecule has 0 amide bonds. The Morgan fingerprint density at radius 2 is 1.30 bits per heavy atom. The summed E-state index contributed by atoms with van der Waals surface area (Å²) in [6.45, 7) is 14.4. The van der Waals surface area contributed by atoms with Crippen molar-refractivity contribution in [1.29, 1.82) is 0 Å². The predicted octanol–water partition coefficient (Wildman–Crippen LogP) is 4.46. The Labute approximate surface area is 123 Å². The number of rotatable bonds is 5. The van der Waals surface area contributed by atoms with Gasteiger partial charge in [0.2, 0.25) is 0 Å². The van der Waals surface area contributed by atoms with Crippen LogP contribution in [0.1, 0.15) is 54.0 Å². The quantitative estimate of drug-likeness (QED) is 0.588. The topological polar surface area (TPSA) is 27.7 Å². The van der Waals surface area contributed by atoms with Crippen LogP contribution in [0.2, 0.25) is 0 Å². The van der Waals surface area contributed by atoms with Crippen molar-refractivity contribution in [2.24, 2.45) is 0 Å². The third kappa shape index (κ3) is 6.04. The van der Waals surface area contributed by atoms with E-state index in [1.807, 2.05) is 78.8 Å². The molecule has 1 aromatic carbocycles. The molecule has 3 nitrogen and oxygen atoms in total. The smallest absolute Gasteiger partial charge is 0.149 e. The minimum absolute atomic E-state index is 0.221. The Bertz CT molecular complexity index is 380. The van der Waals surface area contributed by atoms with Crippen molar-refractivity contribution in [3.05, 3.63) is 35.9 Å². The van der Waals surface area contributed by atoms with E-state index in [1.54, 1.807) is 0 Å². The predicted molar refractivity (Wildman–Crippen MR) is 81.4 cm³/mol. The molecule has 0 aliphatic rings. The van der Waals surface area contributed by atoms with Crippen molar-refractivity contribution < 1.29 is 14.5 Å². The maximum Gasteiger partial charge on any atom is 0.149 e. The molecular weight excluding hydrogens is 252 g/mol. The van der Waals surface area contributed by atoms with Gasteiger partial charge < -0.3 is 4.74 Å². The van der Waals surface area contributed by atoms with Crippen molar-refractivity contribution in [1.82, 2.24) is 0 Å². The SMILES string of the molecule is CC(C)(C)OCC(C)(OOC(C)(C)C)c1ccccc1. The standard InChI is InChI=1S/C17H28O3/c1-15(2,3)18-13-17(7,20-19-16(4,5)6)14-11-9-8-10-12-14/h8-12H,13H2,1-7H3. The molecule has 1 rings (SSSR count). The van der Waals surface area contributed by atoms with Gasteiger partial charge in [-0.1, -0.05) is 30.3 Å². The maximum absolute atomic E-state index is 5.91. The minimum Gasteiger partial charge on any atom is -0.372 e. The van der Waals surface area contributed by atoms with E-state index in [2.05, 4.69) is 0 Å². The van der Waals surface area contributed by atoms with Crippen molar-refractivity contribution in [2.75, 3.05) is 6.61 Å². The summed E-state index contributed by atoms with van der Waals surface area (Å²) in [6.07, 6.45) is 0. The zero-order valence-electron chi connectivity index (χ0n) is 13.8. The first-order valence-electron chi connectivity index (χ1n) is 7.08. The molecule has 114 valence electrons. The third-order valence-electron chi connectivity index (χ3n) is 2.64. The van der Waals surface area contributed by atoms with Crippen LogP contribution in [-0.4, -0.2) is 17.8 Å². The van der Waals surface area contributed by atoms with Crippen molar-refractivity contribution in [3.8, 4) is 0 Å². The van der Waals surface area contributed by atoms with Crippen molar-refractivity contribution in [3.63, 3.8) is 0 Å². The fourth-order valence-electron chi connectivity index (χ4n) is 1.52. The van der Waals surface area contributed by atoms with Crippen molar-refractivity contribution in [2.45, 2.75) is 65.3 Å². The molecule has 1 aromatic rings. The molecule has 0 saturated heterocycles. The molecule has 0 aromatic heterocycles. The minimum atomic E-state index is -0.637. The molecule has 3 heteroatoms. The summed E-state index contributed by atoms with van der Waals surface area (Å²) in [5.74, 6) is 0. The first kappa shape index (κ1) is 17.2. The van der Waals surface area contributed by atoms with Crippen LogP contribution in [0.25, 0.3) is 0 Å². The summed E-state index contributed by atoms with van der Waals surface area (Å²) in [6, 6.07) is 10.0. The van der Waals surface area contributed by atoms with Gasteiger partial charge in [0.15, 0.2) is 0 Å². The van der Waals surface area contributed by atoms with Crippen LogP contribution in [0.5, 0.6) is 0 Å². The Balaban J connectivity index is 2.88. The highest BCUT2D eigenvalue weighted by Gasteiger charge is 2.33. The average Bonchev–Trinajstić information content (AvgIpc) is 2.33. The lowest BCUT2D eigenvalue weighted by molar-refractivity contribution is -0.413. The summed E-state index contributed by atoms with van der Waals surface area (Å²) in [5.41, 5.74) is -0.186. The number of hydrogen-bond donors (Lipinski definition) is 0. The second-order valence-electron chi connectivity index (χ2n) is 7.28. The molecule has 1 unspecified atom stereocenters. The first-order valence-corrected chi connectivity index (χ1v) is 7.08. The Morgan fingerprint density at radius 3 is 1.75 bits per heavy atom. The molecule has 0 bridgehead atoms. The molecule has 1 atom stereocenters. The van der Waals surface area contributed by atoms with Gasteiger partial charge in [0.25, 0.3) is 0 Å². The second-order valence-corrected chi connectivity index (χ2v) is 7.28. The first-order chi connectivity index (χ1) is 9.02. The zero-order chi connectivity index (χ0) is 15.4. The van der Waals surface area contributed by atoms with E-state index in [1.165, 1.54) is 0 Å². The molecule has 0 N–H and O–H groups in total. The zero-order valence-corrected chi connectivity index (χ0v) is 13.8. The van der Waals surface area contributed by atoms with Gasteiger partial charge in [0.1, 0.15) is 5.60 Å². The van der Waals surface area contributed by atoms with Gasteiger partial charge in [-0.05, 0) is 54.0 Å². The summed E-state index contributed by atoms with van der Waals surface area (Å²) in [4.78, 5) is 11.3. The lowest BCUT2D eigenvalue weighted by atomic mass is 9.97. The van der Waals surface area contributed by atoms with Gasteiger partial charge in [-0.3, -0.25) is 0 Å². The second kappa shape index (κ2) is 6.25. The number of ether oxygens (including phenoxy) is 1. The van der Waals surface area contributed by atoms with Crippen LogP contribution in [0.15, 0.2) is 30.3 Å². The molecule has 20 heavy (non-hydrogen) atoms. The van der Waals surface area contributed by atoms with E-state index >= 15 is 0 Å². The molecule has 0 aliphatic heterocycles. The highest BCUT2D eigenvalue weighted by molar-refractivity contribution is 5.21. The molecule has 0 radical (unpaired) electrons. The third-order valence-corrected chi connectivity index (χ3v) is 2.64.